The van der Waals surface area contributed by atoms with Gasteiger partial charge in [0.15, 0.2) is 0 Å². The quantitative estimate of drug-likeness (QED) is 0.848. The Morgan fingerprint density at radius 1 is 1.45 bits per heavy atom. The van der Waals surface area contributed by atoms with Gasteiger partial charge in [0.05, 0.1) is 0 Å². The average molecular weight is 316 g/mol. The van der Waals surface area contributed by atoms with Gasteiger partial charge in [0.2, 0.25) is 10.0 Å². The summed E-state index contributed by atoms with van der Waals surface area (Å²) in [4.78, 5) is 0. The normalized spacial score (nSPS) is 22.2. The van der Waals surface area contributed by atoms with E-state index in [2.05, 4.69) is 23.9 Å². The molecular formula is C14H24N2O2S2. The number of nitrogens with one attached hydrogen (secondary N) is 2. The van der Waals surface area contributed by atoms with Crippen molar-refractivity contribution in [2.75, 3.05) is 6.54 Å². The molecule has 1 aromatic heterocycles. The van der Waals surface area contributed by atoms with E-state index in [1.165, 1.54) is 11.3 Å². The van der Waals surface area contributed by atoms with E-state index >= 15 is 0 Å². The van der Waals surface area contributed by atoms with Gasteiger partial charge in [-0.15, -0.1) is 11.3 Å². The van der Waals surface area contributed by atoms with E-state index in [1.54, 1.807) is 6.07 Å². The molecule has 2 rings (SSSR count). The molecule has 0 radical (unpaired) electrons. The molecule has 0 amide bonds. The number of sulfonamides is 1. The van der Waals surface area contributed by atoms with E-state index in [4.69, 9.17) is 0 Å². The smallest absolute Gasteiger partial charge is 0.250 e. The molecule has 0 saturated heterocycles. The van der Waals surface area contributed by atoms with Gasteiger partial charge in [0.25, 0.3) is 0 Å². The third-order valence-corrected chi connectivity index (χ3v) is 6.77. The highest BCUT2D eigenvalue weighted by atomic mass is 32.2. The average Bonchev–Trinajstić information content (AvgIpc) is 2.93. The maximum atomic E-state index is 12.4. The minimum absolute atomic E-state index is 0.0781. The van der Waals surface area contributed by atoms with Crippen molar-refractivity contribution in [3.8, 4) is 0 Å². The second kappa shape index (κ2) is 6.13. The van der Waals surface area contributed by atoms with Crippen molar-refractivity contribution in [2.45, 2.75) is 56.8 Å². The minimum atomic E-state index is -3.36. The molecule has 1 aromatic rings. The predicted octanol–water partition coefficient (Wildman–Crippen LogP) is 2.71. The van der Waals surface area contributed by atoms with E-state index < -0.39 is 10.0 Å². The Morgan fingerprint density at radius 3 is 2.80 bits per heavy atom. The number of hydrogen-bond acceptors (Lipinski definition) is 4. The second-order valence-corrected chi connectivity index (χ2v) is 9.13. The zero-order valence-electron chi connectivity index (χ0n) is 12.4. The number of thiophene rings is 1. The molecular weight excluding hydrogens is 292 g/mol. The standard InChI is InChI=1S/C14H24N2O2S2/c1-4-15-9-11-7-13(19-10-11)20(17,18)16-12-5-6-14(2,3)8-12/h7,10,12,15-16H,4-6,8-9H2,1-3H3. The van der Waals surface area contributed by atoms with Crippen molar-refractivity contribution < 1.29 is 8.42 Å². The lowest BCUT2D eigenvalue weighted by molar-refractivity contribution is 0.372. The summed E-state index contributed by atoms with van der Waals surface area (Å²) in [6.45, 7) is 8.03. The molecule has 0 aliphatic heterocycles. The first kappa shape index (κ1) is 15.9. The maximum absolute atomic E-state index is 12.4. The Bertz CT molecular complexity index is 549. The molecule has 1 aliphatic rings. The fourth-order valence-corrected chi connectivity index (χ4v) is 5.17. The van der Waals surface area contributed by atoms with Crippen molar-refractivity contribution in [2.24, 2.45) is 5.41 Å². The Balaban J connectivity index is 2.01. The Hall–Kier alpha value is -0.430. The largest absolute Gasteiger partial charge is 0.313 e. The van der Waals surface area contributed by atoms with E-state index in [9.17, 15) is 8.42 Å². The van der Waals surface area contributed by atoms with E-state index in [-0.39, 0.29) is 11.5 Å². The molecule has 20 heavy (non-hydrogen) atoms. The summed E-state index contributed by atoms with van der Waals surface area (Å²) >= 11 is 1.30. The molecule has 1 saturated carbocycles. The molecule has 114 valence electrons. The minimum Gasteiger partial charge on any atom is -0.313 e. The van der Waals surface area contributed by atoms with Gasteiger partial charge in [-0.1, -0.05) is 20.8 Å². The van der Waals surface area contributed by atoms with Gasteiger partial charge in [-0.3, -0.25) is 0 Å². The molecule has 6 heteroatoms. The monoisotopic (exact) mass is 316 g/mol. The summed E-state index contributed by atoms with van der Waals surface area (Å²) in [6.07, 6.45) is 2.93. The van der Waals surface area contributed by atoms with Gasteiger partial charge in [0.1, 0.15) is 4.21 Å². The van der Waals surface area contributed by atoms with Crippen LogP contribution in [0.5, 0.6) is 0 Å². The SMILES string of the molecule is CCNCc1csc(S(=O)(=O)NC2CCC(C)(C)C2)c1. The lowest BCUT2D eigenvalue weighted by Crippen LogP contribution is -2.33. The van der Waals surface area contributed by atoms with E-state index in [0.717, 1.165) is 37.9 Å². The van der Waals surface area contributed by atoms with Crippen LogP contribution < -0.4 is 10.0 Å². The van der Waals surface area contributed by atoms with E-state index in [1.807, 2.05) is 12.3 Å². The summed E-state index contributed by atoms with van der Waals surface area (Å²) < 4.78 is 28.0. The third kappa shape index (κ3) is 4.04. The molecule has 2 N–H and O–H groups in total. The van der Waals surface area contributed by atoms with Crippen LogP contribution in [0.25, 0.3) is 0 Å². The van der Waals surface area contributed by atoms with Crippen LogP contribution in [-0.2, 0) is 16.6 Å². The van der Waals surface area contributed by atoms with Gasteiger partial charge in [-0.25, -0.2) is 13.1 Å². The molecule has 0 spiro atoms. The van der Waals surface area contributed by atoms with Crippen LogP contribution in [0.1, 0.15) is 45.6 Å². The fraction of sp³-hybridized carbons (Fsp3) is 0.714. The maximum Gasteiger partial charge on any atom is 0.250 e. The highest BCUT2D eigenvalue weighted by Crippen LogP contribution is 2.37. The van der Waals surface area contributed by atoms with Crippen LogP contribution in [0, 0.1) is 5.41 Å². The number of rotatable bonds is 6. The third-order valence-electron chi connectivity index (χ3n) is 3.76. The molecule has 1 heterocycles. The van der Waals surface area contributed by atoms with Crippen molar-refractivity contribution in [3.63, 3.8) is 0 Å². The molecule has 1 fully saturated rings. The first-order valence-corrected chi connectivity index (χ1v) is 9.49. The molecule has 0 aromatic carbocycles. The summed E-state index contributed by atoms with van der Waals surface area (Å²) in [6, 6.07) is 1.85. The van der Waals surface area contributed by atoms with Gasteiger partial charge in [-0.05, 0) is 48.2 Å². The van der Waals surface area contributed by atoms with Gasteiger partial charge < -0.3 is 5.32 Å². The van der Waals surface area contributed by atoms with Crippen LogP contribution in [-0.4, -0.2) is 21.0 Å². The molecule has 4 nitrogen and oxygen atoms in total. The number of hydrogen-bond donors (Lipinski definition) is 2. The topological polar surface area (TPSA) is 58.2 Å². The lowest BCUT2D eigenvalue weighted by Gasteiger charge is -2.17. The highest BCUT2D eigenvalue weighted by Gasteiger charge is 2.33. The molecule has 1 aliphatic carbocycles. The molecule has 1 atom stereocenters. The Morgan fingerprint density at radius 2 is 2.20 bits per heavy atom. The van der Waals surface area contributed by atoms with Crippen molar-refractivity contribution in [1.29, 1.82) is 0 Å². The van der Waals surface area contributed by atoms with Gasteiger partial charge in [0, 0.05) is 12.6 Å². The van der Waals surface area contributed by atoms with Crippen molar-refractivity contribution in [1.82, 2.24) is 10.0 Å². The summed E-state index contributed by atoms with van der Waals surface area (Å²) in [5, 5.41) is 5.12. The van der Waals surface area contributed by atoms with Crippen LogP contribution in [0.2, 0.25) is 0 Å². The first-order chi connectivity index (χ1) is 9.32. The molecule has 1 unspecified atom stereocenters. The fourth-order valence-electron chi connectivity index (χ4n) is 2.67. The predicted molar refractivity (Wildman–Crippen MR) is 83.4 cm³/mol. The lowest BCUT2D eigenvalue weighted by atomic mass is 9.92. The van der Waals surface area contributed by atoms with Gasteiger partial charge in [-0.2, -0.15) is 0 Å². The van der Waals surface area contributed by atoms with Crippen LogP contribution in [0.3, 0.4) is 0 Å². The van der Waals surface area contributed by atoms with Crippen LogP contribution in [0.4, 0.5) is 0 Å². The summed E-state index contributed by atoms with van der Waals surface area (Å²) in [5.74, 6) is 0. The second-order valence-electron chi connectivity index (χ2n) is 6.28. The Kier molecular flexibility index (Phi) is 4.89. The zero-order chi connectivity index (χ0) is 14.8. The Labute approximate surface area is 126 Å². The van der Waals surface area contributed by atoms with Gasteiger partial charge >= 0.3 is 0 Å². The summed E-state index contributed by atoms with van der Waals surface area (Å²) in [7, 11) is -3.36. The zero-order valence-corrected chi connectivity index (χ0v) is 14.0. The van der Waals surface area contributed by atoms with E-state index in [0.29, 0.717) is 4.21 Å². The summed E-state index contributed by atoms with van der Waals surface area (Å²) in [5.41, 5.74) is 1.28. The van der Waals surface area contributed by atoms with Crippen LogP contribution in [0.15, 0.2) is 15.7 Å². The first-order valence-electron chi connectivity index (χ1n) is 7.13. The highest BCUT2D eigenvalue weighted by molar-refractivity contribution is 7.91. The van der Waals surface area contributed by atoms with Crippen molar-refractivity contribution >= 4 is 21.4 Å². The molecule has 0 bridgehead atoms. The van der Waals surface area contributed by atoms with Crippen molar-refractivity contribution in [3.05, 3.63) is 17.0 Å². The van der Waals surface area contributed by atoms with Crippen LogP contribution >= 0.6 is 11.3 Å².